The predicted molar refractivity (Wildman–Crippen MR) is 66.7 cm³/mol. The van der Waals surface area contributed by atoms with Crippen LogP contribution in [-0.4, -0.2) is 48.3 Å². The zero-order chi connectivity index (χ0) is 13.1. The first kappa shape index (κ1) is 14.5. The van der Waals surface area contributed by atoms with Crippen LogP contribution in [0.15, 0.2) is 0 Å². The zero-order valence-electron chi connectivity index (χ0n) is 11.4. The minimum absolute atomic E-state index is 0.140. The maximum Gasteiger partial charge on any atom is 0.323 e. The number of aliphatic hydroxyl groups is 1. The molecule has 2 atom stereocenters. The number of ether oxygens (including phenoxy) is 1. The molecule has 1 heterocycles. The normalized spacial score (nSPS) is 25.8. The number of likely N-dealkylation sites (tertiary alicyclic amines) is 1. The van der Waals surface area contributed by atoms with Gasteiger partial charge in [0.15, 0.2) is 0 Å². The van der Waals surface area contributed by atoms with Gasteiger partial charge in [0.2, 0.25) is 0 Å². The van der Waals surface area contributed by atoms with E-state index in [-0.39, 0.29) is 23.5 Å². The Kier molecular flexibility index (Phi) is 4.95. The summed E-state index contributed by atoms with van der Waals surface area (Å²) in [6.45, 7) is 7.49. The molecule has 0 unspecified atom stereocenters. The summed E-state index contributed by atoms with van der Waals surface area (Å²) < 4.78 is 4.86. The highest BCUT2D eigenvalue weighted by molar-refractivity contribution is 5.75. The number of aliphatic hydroxyl groups excluding tert-OH is 1. The molecule has 0 aromatic heterocycles. The Labute approximate surface area is 104 Å². The molecule has 1 saturated heterocycles. The maximum atomic E-state index is 11.8. The second kappa shape index (κ2) is 5.83. The molecule has 0 amide bonds. The third-order valence-corrected chi connectivity index (χ3v) is 3.67. The van der Waals surface area contributed by atoms with Crippen LogP contribution in [0.4, 0.5) is 0 Å². The molecule has 1 fully saturated rings. The fourth-order valence-corrected chi connectivity index (χ4v) is 2.38. The van der Waals surface area contributed by atoms with Crippen molar-refractivity contribution >= 4 is 5.97 Å². The van der Waals surface area contributed by atoms with E-state index in [1.807, 2.05) is 13.8 Å². The van der Waals surface area contributed by atoms with Crippen molar-refractivity contribution in [3.8, 4) is 0 Å². The number of β-amino-alcohol motifs (C(OH)–C–C–N with tert-alkyl or cyclic N) is 1. The Morgan fingerprint density at radius 1 is 1.59 bits per heavy atom. The lowest BCUT2D eigenvalue weighted by Crippen LogP contribution is -2.41. The topological polar surface area (TPSA) is 49.8 Å². The molecular weight excluding hydrogens is 218 g/mol. The van der Waals surface area contributed by atoms with E-state index in [9.17, 15) is 9.90 Å². The van der Waals surface area contributed by atoms with E-state index in [2.05, 4.69) is 11.8 Å². The number of carbonyl (C=O) groups is 1. The molecule has 0 aliphatic carbocycles. The number of esters is 1. The second-order valence-electron chi connectivity index (χ2n) is 5.62. The molecule has 0 radical (unpaired) electrons. The predicted octanol–water partition coefficient (Wildman–Crippen LogP) is 1.42. The van der Waals surface area contributed by atoms with E-state index in [1.54, 1.807) is 0 Å². The Hall–Kier alpha value is -0.610. The standard InChI is InChI=1S/C13H25NO3/c1-5-6-7-10(12(16)17-4)14-8-11(15)13(2,3)9-14/h10-11,15H,5-9H2,1-4H3/t10-,11+/m0/s1. The number of carbonyl (C=O) groups excluding carboxylic acids is 1. The van der Waals surface area contributed by atoms with Gasteiger partial charge in [0.1, 0.15) is 6.04 Å². The third-order valence-electron chi connectivity index (χ3n) is 3.67. The van der Waals surface area contributed by atoms with Crippen LogP contribution in [0.2, 0.25) is 0 Å². The summed E-state index contributed by atoms with van der Waals surface area (Å²) in [6, 6.07) is -0.198. The van der Waals surface area contributed by atoms with Crippen molar-refractivity contribution in [2.45, 2.75) is 52.2 Å². The molecule has 1 rings (SSSR count). The van der Waals surface area contributed by atoms with Crippen LogP contribution in [0.1, 0.15) is 40.0 Å². The SMILES string of the molecule is CCCC[C@@H](C(=O)OC)N1C[C@@H](O)C(C)(C)C1. The number of methoxy groups -OCH3 is 1. The molecule has 0 bridgehead atoms. The van der Waals surface area contributed by atoms with Gasteiger partial charge < -0.3 is 9.84 Å². The lowest BCUT2D eigenvalue weighted by atomic mass is 9.90. The van der Waals surface area contributed by atoms with Crippen molar-refractivity contribution in [2.75, 3.05) is 20.2 Å². The average Bonchev–Trinajstić information content (AvgIpc) is 2.53. The second-order valence-corrected chi connectivity index (χ2v) is 5.62. The molecule has 17 heavy (non-hydrogen) atoms. The number of rotatable bonds is 5. The average molecular weight is 243 g/mol. The smallest absolute Gasteiger partial charge is 0.323 e. The first-order valence-corrected chi connectivity index (χ1v) is 6.42. The number of hydrogen-bond donors (Lipinski definition) is 1. The van der Waals surface area contributed by atoms with Crippen LogP contribution in [0, 0.1) is 5.41 Å². The van der Waals surface area contributed by atoms with Crippen molar-refractivity contribution in [3.05, 3.63) is 0 Å². The molecule has 4 nitrogen and oxygen atoms in total. The first-order valence-electron chi connectivity index (χ1n) is 6.42. The minimum atomic E-state index is -0.365. The summed E-state index contributed by atoms with van der Waals surface area (Å²) in [5, 5.41) is 9.96. The number of unbranched alkanes of at least 4 members (excludes halogenated alkanes) is 1. The lowest BCUT2D eigenvalue weighted by Gasteiger charge is -2.26. The summed E-state index contributed by atoms with van der Waals surface area (Å²) in [4.78, 5) is 13.8. The van der Waals surface area contributed by atoms with Crippen LogP contribution < -0.4 is 0 Å². The van der Waals surface area contributed by atoms with Crippen molar-refractivity contribution in [3.63, 3.8) is 0 Å². The minimum Gasteiger partial charge on any atom is -0.468 e. The van der Waals surface area contributed by atoms with Crippen LogP contribution in [0.25, 0.3) is 0 Å². The van der Waals surface area contributed by atoms with E-state index in [0.29, 0.717) is 6.54 Å². The number of nitrogens with zero attached hydrogens (tertiary/aromatic N) is 1. The maximum absolute atomic E-state index is 11.8. The van der Waals surface area contributed by atoms with Crippen LogP contribution in [0.3, 0.4) is 0 Å². The Morgan fingerprint density at radius 3 is 2.65 bits per heavy atom. The highest BCUT2D eigenvalue weighted by Crippen LogP contribution is 2.31. The molecule has 0 aromatic carbocycles. The summed E-state index contributed by atoms with van der Waals surface area (Å²) in [5.74, 6) is -0.177. The van der Waals surface area contributed by atoms with Gasteiger partial charge >= 0.3 is 5.97 Å². The van der Waals surface area contributed by atoms with E-state index in [1.165, 1.54) is 7.11 Å². The van der Waals surface area contributed by atoms with Gasteiger partial charge in [0.25, 0.3) is 0 Å². The zero-order valence-corrected chi connectivity index (χ0v) is 11.4. The van der Waals surface area contributed by atoms with Gasteiger partial charge in [-0.25, -0.2) is 0 Å². The van der Waals surface area contributed by atoms with E-state index in [0.717, 1.165) is 25.8 Å². The fourth-order valence-electron chi connectivity index (χ4n) is 2.38. The first-order chi connectivity index (χ1) is 7.92. The molecule has 1 N–H and O–H groups in total. The molecule has 1 aliphatic rings. The van der Waals surface area contributed by atoms with Gasteiger partial charge in [-0.05, 0) is 6.42 Å². The van der Waals surface area contributed by atoms with Crippen molar-refractivity contribution in [2.24, 2.45) is 5.41 Å². The van der Waals surface area contributed by atoms with Crippen molar-refractivity contribution in [1.82, 2.24) is 4.90 Å². The van der Waals surface area contributed by atoms with Gasteiger partial charge in [0.05, 0.1) is 13.2 Å². The molecular formula is C13H25NO3. The van der Waals surface area contributed by atoms with E-state index in [4.69, 9.17) is 4.74 Å². The van der Waals surface area contributed by atoms with Crippen molar-refractivity contribution in [1.29, 1.82) is 0 Å². The largest absolute Gasteiger partial charge is 0.468 e. The molecule has 0 saturated carbocycles. The molecule has 0 aromatic rings. The van der Waals surface area contributed by atoms with Gasteiger partial charge in [-0.3, -0.25) is 9.69 Å². The van der Waals surface area contributed by atoms with Gasteiger partial charge in [-0.15, -0.1) is 0 Å². The summed E-state index contributed by atoms with van der Waals surface area (Å²) in [5.41, 5.74) is -0.140. The van der Waals surface area contributed by atoms with Crippen LogP contribution >= 0.6 is 0 Å². The van der Waals surface area contributed by atoms with Gasteiger partial charge in [-0.1, -0.05) is 33.6 Å². The van der Waals surface area contributed by atoms with E-state index >= 15 is 0 Å². The lowest BCUT2D eigenvalue weighted by molar-refractivity contribution is -0.147. The molecule has 4 heteroatoms. The van der Waals surface area contributed by atoms with E-state index < -0.39 is 0 Å². The molecule has 100 valence electrons. The Bertz CT molecular complexity index is 265. The summed E-state index contributed by atoms with van der Waals surface area (Å²) in [6.07, 6.45) is 2.52. The van der Waals surface area contributed by atoms with Crippen molar-refractivity contribution < 1.29 is 14.6 Å². The Morgan fingerprint density at radius 2 is 2.24 bits per heavy atom. The molecule has 1 aliphatic heterocycles. The fraction of sp³-hybridized carbons (Fsp3) is 0.923. The number of hydrogen-bond acceptors (Lipinski definition) is 4. The quantitative estimate of drug-likeness (QED) is 0.742. The van der Waals surface area contributed by atoms with Gasteiger partial charge in [-0.2, -0.15) is 0 Å². The van der Waals surface area contributed by atoms with Gasteiger partial charge in [0, 0.05) is 18.5 Å². The van der Waals surface area contributed by atoms with Crippen LogP contribution in [0.5, 0.6) is 0 Å². The highest BCUT2D eigenvalue weighted by Gasteiger charge is 2.42. The summed E-state index contributed by atoms with van der Waals surface area (Å²) in [7, 11) is 1.43. The third kappa shape index (κ3) is 3.42. The highest BCUT2D eigenvalue weighted by atomic mass is 16.5. The Balaban J connectivity index is 2.68. The monoisotopic (exact) mass is 243 g/mol. The summed E-state index contributed by atoms with van der Waals surface area (Å²) >= 11 is 0. The molecule has 0 spiro atoms. The van der Waals surface area contributed by atoms with Crippen LogP contribution in [-0.2, 0) is 9.53 Å².